The van der Waals surface area contributed by atoms with Gasteiger partial charge in [-0.05, 0) is 12.8 Å². The van der Waals surface area contributed by atoms with Crippen LogP contribution in [-0.2, 0) is 4.74 Å². The molecular formula is C9H17LrN2O-. The van der Waals surface area contributed by atoms with E-state index in [1.807, 2.05) is 5.01 Å². The monoisotopic (exact) mass is 431 g/mol. The van der Waals surface area contributed by atoms with Crippen LogP contribution in [0.25, 0.3) is 0 Å². The Morgan fingerprint density at radius 3 is 2.85 bits per heavy atom. The molecule has 2 aliphatic rings. The molecule has 1 atom stereocenters. The molecule has 0 amide bonds. The van der Waals surface area contributed by atoms with Gasteiger partial charge in [0.1, 0.15) is 0 Å². The maximum absolute atomic E-state index is 5.81. The molecule has 0 aromatic heterocycles. The quantitative estimate of drug-likeness (QED) is 0.454. The SMILES string of the molecule is C[C-]1CN(N)CC2(CCCO2)C1.[Lr]. The Hall–Kier alpha value is -1.12. The van der Waals surface area contributed by atoms with Crippen LogP contribution in [0, 0.1) is 5.92 Å². The minimum atomic E-state index is 0. The van der Waals surface area contributed by atoms with E-state index in [4.69, 9.17) is 10.6 Å². The predicted octanol–water partition coefficient (Wildman–Crippen LogP) is 0.709. The van der Waals surface area contributed by atoms with Gasteiger partial charge in [-0.15, -0.1) is 13.0 Å². The van der Waals surface area contributed by atoms with Gasteiger partial charge in [-0.1, -0.05) is 0 Å². The second kappa shape index (κ2) is 3.32. The van der Waals surface area contributed by atoms with Crippen LogP contribution < -0.4 is 5.84 Å². The Labute approximate surface area is 73.8 Å². The summed E-state index contributed by atoms with van der Waals surface area (Å²) in [6.07, 6.45) is 3.49. The smallest absolute Gasteiger partial charge is 0.0558 e. The average molecular weight is 431 g/mol. The number of rotatable bonds is 0. The second-order valence-electron chi connectivity index (χ2n) is 4.17. The maximum Gasteiger partial charge on any atom is 0.0558 e. The van der Waals surface area contributed by atoms with Crippen molar-refractivity contribution in [2.75, 3.05) is 19.7 Å². The Morgan fingerprint density at radius 1 is 1.54 bits per heavy atom. The summed E-state index contributed by atoms with van der Waals surface area (Å²) < 4.78 is 5.78. The molecule has 3 nitrogen and oxygen atoms in total. The molecule has 1 unspecified atom stereocenters. The summed E-state index contributed by atoms with van der Waals surface area (Å²) >= 11 is 0. The molecular weight excluding hydrogens is 414 g/mol. The molecule has 2 N–H and O–H groups in total. The van der Waals surface area contributed by atoms with Crippen molar-refractivity contribution in [3.05, 3.63) is 5.92 Å². The number of nitrogens with zero attached hydrogens (tertiary/aromatic N) is 1. The van der Waals surface area contributed by atoms with Crippen LogP contribution in [-0.4, -0.2) is 30.3 Å². The summed E-state index contributed by atoms with van der Waals surface area (Å²) in [6.45, 7) is 4.93. The molecule has 0 aromatic rings. The zero-order chi connectivity index (χ0) is 8.60. The molecule has 1 radical (unpaired) electrons. The number of hydrogen-bond acceptors (Lipinski definition) is 3. The van der Waals surface area contributed by atoms with Crippen molar-refractivity contribution in [2.45, 2.75) is 31.8 Å². The number of hydrazine groups is 1. The van der Waals surface area contributed by atoms with E-state index in [0.717, 1.165) is 26.1 Å². The van der Waals surface area contributed by atoms with Crippen molar-refractivity contribution in [3.63, 3.8) is 0 Å². The predicted molar refractivity (Wildman–Crippen MR) is 47.2 cm³/mol. The van der Waals surface area contributed by atoms with Gasteiger partial charge in [-0.3, -0.25) is 16.8 Å². The normalized spacial score (nSPS) is 36.5. The molecule has 13 heavy (non-hydrogen) atoms. The Balaban J connectivity index is 0.000000845. The standard InChI is InChI=1S/C9H17N2O.Lr/c1-8-5-9(3-2-4-12-9)7-11(10)6-8;/h2-7,10H2,1H3;/q-1;. The number of piperidine rings is 1. The Bertz CT molecular complexity index is 159. The van der Waals surface area contributed by atoms with E-state index >= 15 is 0 Å². The molecule has 0 bridgehead atoms. The van der Waals surface area contributed by atoms with Crippen molar-refractivity contribution in [2.24, 2.45) is 5.84 Å². The summed E-state index contributed by atoms with van der Waals surface area (Å²) in [7, 11) is 0. The first-order valence-corrected chi connectivity index (χ1v) is 4.65. The van der Waals surface area contributed by atoms with Crippen LogP contribution in [0.15, 0.2) is 0 Å². The van der Waals surface area contributed by atoms with E-state index in [9.17, 15) is 0 Å². The fraction of sp³-hybridized carbons (Fsp3) is 0.889. The van der Waals surface area contributed by atoms with E-state index in [1.165, 1.54) is 18.8 Å². The number of nitrogens with two attached hydrogens (primary N) is 1. The van der Waals surface area contributed by atoms with Crippen molar-refractivity contribution in [1.29, 1.82) is 0 Å². The fourth-order valence-electron chi connectivity index (χ4n) is 2.45. The largest absolute Gasteiger partial charge is 0.376 e. The zero-order valence-corrected chi connectivity index (χ0v) is 10.1. The Morgan fingerprint density at radius 2 is 2.31 bits per heavy atom. The van der Waals surface area contributed by atoms with Crippen molar-refractivity contribution in [1.82, 2.24) is 5.01 Å². The number of hydrogen-bond donors (Lipinski definition) is 1. The first-order valence-electron chi connectivity index (χ1n) is 4.65. The van der Waals surface area contributed by atoms with Crippen molar-refractivity contribution < 1.29 is 4.74 Å². The van der Waals surface area contributed by atoms with Crippen LogP contribution in [0.5, 0.6) is 0 Å². The summed E-state index contributed by atoms with van der Waals surface area (Å²) in [5.74, 6) is 7.26. The van der Waals surface area contributed by atoms with Gasteiger partial charge in [0.25, 0.3) is 0 Å². The third kappa shape index (κ3) is 1.79. The van der Waals surface area contributed by atoms with E-state index in [0.29, 0.717) is 0 Å². The molecule has 0 aliphatic carbocycles. The third-order valence-corrected chi connectivity index (χ3v) is 2.77. The van der Waals surface area contributed by atoms with Crippen LogP contribution >= 0.6 is 0 Å². The fourth-order valence-corrected chi connectivity index (χ4v) is 2.45. The van der Waals surface area contributed by atoms with E-state index in [-0.39, 0.29) is 5.60 Å². The molecule has 2 heterocycles. The molecule has 1 spiro atoms. The molecule has 2 fully saturated rings. The minimum Gasteiger partial charge on any atom is -0.376 e. The van der Waals surface area contributed by atoms with Gasteiger partial charge >= 0.3 is 0 Å². The van der Waals surface area contributed by atoms with Crippen LogP contribution in [0.3, 0.4) is 0 Å². The third-order valence-electron chi connectivity index (χ3n) is 2.77. The van der Waals surface area contributed by atoms with Gasteiger partial charge in [0.05, 0.1) is 5.60 Å². The first kappa shape index (κ1) is 9.96. The van der Waals surface area contributed by atoms with Gasteiger partial charge in [0.15, 0.2) is 0 Å². The van der Waals surface area contributed by atoms with Crippen LogP contribution in [0.1, 0.15) is 26.2 Å². The molecule has 0 saturated carbocycles. The van der Waals surface area contributed by atoms with Gasteiger partial charge in [0.2, 0.25) is 0 Å². The first-order chi connectivity index (χ1) is 5.70. The van der Waals surface area contributed by atoms with Crippen LogP contribution in [0.2, 0.25) is 0 Å². The zero-order valence-electron chi connectivity index (χ0n) is 7.93. The Kier molecular flexibility index (Phi) is 2.55. The maximum atomic E-state index is 5.81. The molecule has 2 aliphatic heterocycles. The van der Waals surface area contributed by atoms with Gasteiger partial charge < -0.3 is 4.74 Å². The average Bonchev–Trinajstić information content (AvgIpc) is 2.33. The van der Waals surface area contributed by atoms with E-state index < -0.39 is 0 Å². The molecule has 2 saturated heterocycles. The summed E-state index contributed by atoms with van der Waals surface area (Å²) in [6, 6.07) is 0. The molecule has 4 heteroatoms. The van der Waals surface area contributed by atoms with Gasteiger partial charge in [-0.25, -0.2) is 0 Å². The van der Waals surface area contributed by atoms with E-state index in [1.54, 1.807) is 0 Å². The summed E-state index contributed by atoms with van der Waals surface area (Å²) in [4.78, 5) is 0. The molecule has 2 rings (SSSR count). The summed E-state index contributed by atoms with van der Waals surface area (Å²) in [5, 5.41) is 1.88. The molecule has 0 aromatic carbocycles. The van der Waals surface area contributed by atoms with E-state index in [2.05, 4.69) is 6.92 Å². The second-order valence-corrected chi connectivity index (χ2v) is 4.17. The van der Waals surface area contributed by atoms with Crippen LogP contribution in [0.4, 0.5) is 0 Å². The van der Waals surface area contributed by atoms with Gasteiger partial charge in [-0.2, -0.15) is 6.92 Å². The van der Waals surface area contributed by atoms with Crippen molar-refractivity contribution in [3.8, 4) is 0 Å². The van der Waals surface area contributed by atoms with Crippen molar-refractivity contribution >= 4 is 0 Å². The molecule has 85 valence electrons. The topological polar surface area (TPSA) is 38.5 Å². The van der Waals surface area contributed by atoms with Gasteiger partial charge in [0, 0.05) is 13.2 Å². The summed E-state index contributed by atoms with van der Waals surface area (Å²) in [5.41, 5.74) is 0.0804. The number of ether oxygens (including phenoxy) is 1. The minimum absolute atomic E-state index is 0.